The van der Waals surface area contributed by atoms with Crippen LogP contribution >= 0.6 is 11.3 Å². The van der Waals surface area contributed by atoms with Crippen molar-refractivity contribution in [3.05, 3.63) is 52.7 Å². The monoisotopic (exact) mass is 392 g/mol. The number of hydrogen-bond donors (Lipinski definition) is 1. The lowest BCUT2D eigenvalue weighted by molar-refractivity contribution is -0.137. The van der Waals surface area contributed by atoms with Crippen molar-refractivity contribution in [2.24, 2.45) is 7.05 Å². The Labute approximate surface area is 156 Å². The number of anilines is 1. The number of aromatic nitrogens is 3. The fourth-order valence-corrected chi connectivity index (χ4v) is 3.62. The lowest BCUT2D eigenvalue weighted by Gasteiger charge is -2.10. The Bertz CT molecular complexity index is 1000. The maximum absolute atomic E-state index is 13.2. The zero-order valence-electron chi connectivity index (χ0n) is 14.2. The van der Waals surface area contributed by atoms with Crippen LogP contribution in [0, 0.1) is 0 Å². The van der Waals surface area contributed by atoms with Gasteiger partial charge < -0.3 is 0 Å². The summed E-state index contributed by atoms with van der Waals surface area (Å²) in [6, 6.07) is 5.25. The molecule has 0 aliphatic heterocycles. The van der Waals surface area contributed by atoms with Crippen molar-refractivity contribution in [3.63, 3.8) is 0 Å². The third kappa shape index (κ3) is 3.59. The smallest absolute Gasteiger partial charge is 0.298 e. The summed E-state index contributed by atoms with van der Waals surface area (Å²) < 4.78 is 41.2. The van der Waals surface area contributed by atoms with Crippen LogP contribution in [0.4, 0.5) is 18.3 Å². The number of alkyl halides is 3. The normalized spacial score (nSPS) is 14.4. The quantitative estimate of drug-likeness (QED) is 0.701. The van der Waals surface area contributed by atoms with Crippen molar-refractivity contribution >= 4 is 22.4 Å². The molecular weight excluding hydrogens is 377 g/mol. The largest absolute Gasteiger partial charge is 0.417 e. The summed E-state index contributed by atoms with van der Waals surface area (Å²) in [5.41, 5.74) is 0.650. The van der Waals surface area contributed by atoms with Crippen molar-refractivity contribution in [1.29, 1.82) is 0 Å². The van der Waals surface area contributed by atoms with E-state index in [1.54, 1.807) is 17.9 Å². The first-order chi connectivity index (χ1) is 12.8. The van der Waals surface area contributed by atoms with Gasteiger partial charge in [0.25, 0.3) is 5.91 Å². The minimum atomic E-state index is -4.47. The molecule has 1 amide bonds. The van der Waals surface area contributed by atoms with Gasteiger partial charge >= 0.3 is 6.18 Å². The Morgan fingerprint density at radius 1 is 1.30 bits per heavy atom. The maximum atomic E-state index is 13.2. The van der Waals surface area contributed by atoms with E-state index in [9.17, 15) is 18.0 Å². The highest BCUT2D eigenvalue weighted by Crippen LogP contribution is 2.41. The number of aryl methyl sites for hydroxylation is 1. The first-order valence-corrected chi connectivity index (χ1v) is 9.18. The molecule has 140 valence electrons. The van der Waals surface area contributed by atoms with E-state index in [1.165, 1.54) is 23.6 Å². The molecule has 1 N–H and O–H groups in total. The molecule has 3 aromatic rings. The molecule has 27 heavy (non-hydrogen) atoms. The molecule has 9 heteroatoms. The third-order valence-corrected chi connectivity index (χ3v) is 5.06. The summed E-state index contributed by atoms with van der Waals surface area (Å²) in [7, 11) is 1.75. The number of benzene rings is 1. The molecule has 0 bridgehead atoms. The number of carbonyl (C=O) groups is 1. The standard InChI is InChI=1S/C18H15F3N4OS/c1-25-8-12(15(24-25)10-6-7-10)16(26)23-17-22-14(9-27-17)11-4-2-3-5-13(11)18(19,20)21/h2-5,8-10H,6-7H2,1H3,(H,22,23,26). The molecule has 0 atom stereocenters. The summed E-state index contributed by atoms with van der Waals surface area (Å²) in [6.07, 6.45) is -0.811. The van der Waals surface area contributed by atoms with Crippen LogP contribution in [0.3, 0.4) is 0 Å². The van der Waals surface area contributed by atoms with Gasteiger partial charge in [0.2, 0.25) is 0 Å². The molecular formula is C18H15F3N4OS. The van der Waals surface area contributed by atoms with Gasteiger partial charge in [-0.3, -0.25) is 14.8 Å². The highest BCUT2D eigenvalue weighted by molar-refractivity contribution is 7.14. The molecule has 0 radical (unpaired) electrons. The lowest BCUT2D eigenvalue weighted by Crippen LogP contribution is -2.13. The van der Waals surface area contributed by atoms with Crippen molar-refractivity contribution < 1.29 is 18.0 Å². The van der Waals surface area contributed by atoms with E-state index in [0.29, 0.717) is 11.5 Å². The molecule has 1 saturated carbocycles. The molecule has 4 rings (SSSR count). The van der Waals surface area contributed by atoms with Gasteiger partial charge in [0.15, 0.2) is 5.13 Å². The highest BCUT2D eigenvalue weighted by Gasteiger charge is 2.34. The maximum Gasteiger partial charge on any atom is 0.417 e. The van der Waals surface area contributed by atoms with Crippen LogP contribution in [0.2, 0.25) is 0 Å². The first kappa shape index (κ1) is 17.7. The van der Waals surface area contributed by atoms with Gasteiger partial charge in [-0.05, 0) is 18.9 Å². The van der Waals surface area contributed by atoms with Crippen LogP contribution in [0.1, 0.15) is 40.4 Å². The van der Waals surface area contributed by atoms with E-state index < -0.39 is 11.7 Å². The first-order valence-electron chi connectivity index (χ1n) is 8.30. The predicted molar refractivity (Wildman–Crippen MR) is 95.7 cm³/mol. The van der Waals surface area contributed by atoms with Crippen molar-refractivity contribution in [3.8, 4) is 11.3 Å². The van der Waals surface area contributed by atoms with Crippen molar-refractivity contribution in [2.75, 3.05) is 5.32 Å². The van der Waals surface area contributed by atoms with E-state index in [2.05, 4.69) is 15.4 Å². The second-order valence-electron chi connectivity index (χ2n) is 6.41. The average Bonchev–Trinajstić information content (AvgIpc) is 3.23. The SMILES string of the molecule is Cn1cc(C(=O)Nc2nc(-c3ccccc3C(F)(F)F)cs2)c(C2CC2)n1. The topological polar surface area (TPSA) is 59.8 Å². The zero-order chi connectivity index (χ0) is 19.2. The predicted octanol–water partition coefficient (Wildman–Crippen LogP) is 4.69. The van der Waals surface area contributed by atoms with Gasteiger partial charge in [-0.2, -0.15) is 18.3 Å². The fourth-order valence-electron chi connectivity index (χ4n) is 2.91. The van der Waals surface area contributed by atoms with Gasteiger partial charge in [-0.1, -0.05) is 18.2 Å². The Morgan fingerprint density at radius 3 is 2.74 bits per heavy atom. The van der Waals surface area contributed by atoms with Crippen LogP contribution in [0.5, 0.6) is 0 Å². The minimum Gasteiger partial charge on any atom is -0.298 e. The molecule has 0 saturated heterocycles. The summed E-state index contributed by atoms with van der Waals surface area (Å²) in [6.45, 7) is 0. The summed E-state index contributed by atoms with van der Waals surface area (Å²) >= 11 is 1.09. The molecule has 1 aliphatic rings. The zero-order valence-corrected chi connectivity index (χ0v) is 15.1. The molecule has 2 aromatic heterocycles. The Kier molecular flexibility index (Phi) is 4.26. The van der Waals surface area contributed by atoms with Crippen LogP contribution in [0.15, 0.2) is 35.8 Å². The van der Waals surface area contributed by atoms with Gasteiger partial charge in [-0.25, -0.2) is 4.98 Å². The Morgan fingerprint density at radius 2 is 2.04 bits per heavy atom. The number of amides is 1. The van der Waals surface area contributed by atoms with Gasteiger partial charge in [0.05, 0.1) is 22.5 Å². The van der Waals surface area contributed by atoms with Crippen LogP contribution in [0.25, 0.3) is 11.3 Å². The fraction of sp³-hybridized carbons (Fsp3) is 0.278. The molecule has 0 unspecified atom stereocenters. The van der Waals surface area contributed by atoms with Crippen LogP contribution in [-0.2, 0) is 13.2 Å². The van der Waals surface area contributed by atoms with Gasteiger partial charge in [0.1, 0.15) is 0 Å². The molecule has 1 aromatic carbocycles. The van der Waals surface area contributed by atoms with Gasteiger partial charge in [-0.15, -0.1) is 11.3 Å². The van der Waals surface area contributed by atoms with E-state index in [1.807, 2.05) is 0 Å². The molecule has 0 spiro atoms. The van der Waals surface area contributed by atoms with Crippen molar-refractivity contribution in [1.82, 2.24) is 14.8 Å². The summed E-state index contributed by atoms with van der Waals surface area (Å²) in [5.74, 6) is -0.0486. The highest BCUT2D eigenvalue weighted by atomic mass is 32.1. The number of nitrogens with zero attached hydrogens (tertiary/aromatic N) is 3. The molecule has 1 aliphatic carbocycles. The van der Waals surface area contributed by atoms with Crippen molar-refractivity contribution in [2.45, 2.75) is 24.9 Å². The summed E-state index contributed by atoms with van der Waals surface area (Å²) in [4.78, 5) is 16.8. The lowest BCUT2D eigenvalue weighted by atomic mass is 10.1. The summed E-state index contributed by atoms with van der Waals surface area (Å²) in [5, 5.41) is 8.77. The third-order valence-electron chi connectivity index (χ3n) is 4.30. The Balaban J connectivity index is 1.59. The van der Waals surface area contributed by atoms with Crippen LogP contribution in [-0.4, -0.2) is 20.7 Å². The number of carbonyl (C=O) groups excluding carboxylic acids is 1. The number of nitrogens with one attached hydrogen (secondary N) is 1. The Hall–Kier alpha value is -2.68. The number of hydrogen-bond acceptors (Lipinski definition) is 4. The van der Waals surface area contributed by atoms with Crippen LogP contribution < -0.4 is 5.32 Å². The molecule has 5 nitrogen and oxygen atoms in total. The minimum absolute atomic E-state index is 0.0122. The average molecular weight is 392 g/mol. The second-order valence-corrected chi connectivity index (χ2v) is 7.27. The number of thiazole rings is 1. The molecule has 1 fully saturated rings. The molecule has 2 heterocycles. The van der Waals surface area contributed by atoms with E-state index in [0.717, 1.165) is 35.9 Å². The second kappa shape index (κ2) is 6.49. The van der Waals surface area contributed by atoms with E-state index in [4.69, 9.17) is 0 Å². The number of rotatable bonds is 4. The van der Waals surface area contributed by atoms with E-state index >= 15 is 0 Å². The van der Waals surface area contributed by atoms with E-state index in [-0.39, 0.29) is 22.3 Å². The number of halogens is 3. The van der Waals surface area contributed by atoms with Gasteiger partial charge in [0, 0.05) is 30.1 Å².